The van der Waals surface area contributed by atoms with E-state index in [-0.39, 0.29) is 33.8 Å². The van der Waals surface area contributed by atoms with Gasteiger partial charge in [0.25, 0.3) is 11.8 Å². The largest absolute Gasteiger partial charge is 0.365 e. The lowest BCUT2D eigenvalue weighted by Gasteiger charge is -2.13. The van der Waals surface area contributed by atoms with Crippen LogP contribution in [0.25, 0.3) is 11.3 Å². The highest BCUT2D eigenvalue weighted by molar-refractivity contribution is 6.07. The normalized spacial score (nSPS) is 12.4. The van der Waals surface area contributed by atoms with Crippen molar-refractivity contribution >= 4 is 29.1 Å². The molecule has 2 aromatic carbocycles. The molecule has 0 saturated heterocycles. The van der Waals surface area contributed by atoms with Gasteiger partial charge < -0.3 is 16.4 Å². The number of nitrogens with two attached hydrogens (primary N) is 1. The van der Waals surface area contributed by atoms with Crippen molar-refractivity contribution < 1.29 is 14.0 Å². The van der Waals surface area contributed by atoms with Gasteiger partial charge in [-0.3, -0.25) is 14.6 Å². The van der Waals surface area contributed by atoms with Gasteiger partial charge in [-0.1, -0.05) is 26.0 Å². The fourth-order valence-corrected chi connectivity index (χ4v) is 4.65. The van der Waals surface area contributed by atoms with E-state index in [0.29, 0.717) is 30.4 Å². The second-order valence-electron chi connectivity index (χ2n) is 9.71. The molecule has 2 amide bonds. The summed E-state index contributed by atoms with van der Waals surface area (Å²) in [5, 5.41) is 10.5. The Kier molecular flexibility index (Phi) is 6.40. The second kappa shape index (κ2) is 9.70. The van der Waals surface area contributed by atoms with Crippen LogP contribution in [0, 0.1) is 19.7 Å². The van der Waals surface area contributed by atoms with E-state index in [4.69, 9.17) is 5.73 Å². The zero-order valence-electron chi connectivity index (χ0n) is 21.6. The van der Waals surface area contributed by atoms with Crippen LogP contribution in [0.15, 0.2) is 42.7 Å². The van der Waals surface area contributed by atoms with Crippen molar-refractivity contribution in [3.63, 3.8) is 0 Å². The van der Waals surface area contributed by atoms with Crippen molar-refractivity contribution in [2.24, 2.45) is 5.73 Å². The molecule has 0 atom stereocenters. The minimum Gasteiger partial charge on any atom is -0.365 e. The van der Waals surface area contributed by atoms with Crippen LogP contribution in [0.4, 0.5) is 21.7 Å². The molecule has 1 aliphatic heterocycles. The molecule has 0 saturated carbocycles. The Labute approximate surface area is 219 Å². The van der Waals surface area contributed by atoms with Crippen LogP contribution in [0.2, 0.25) is 0 Å². The number of nitrogens with zero attached hydrogens (tertiary/aromatic N) is 4. The van der Waals surface area contributed by atoms with Crippen LogP contribution in [-0.2, 0) is 13.0 Å². The third-order valence-electron chi connectivity index (χ3n) is 6.72. The van der Waals surface area contributed by atoms with E-state index in [9.17, 15) is 9.59 Å². The maximum absolute atomic E-state index is 15.7. The van der Waals surface area contributed by atoms with Crippen LogP contribution in [-0.4, -0.2) is 31.6 Å². The summed E-state index contributed by atoms with van der Waals surface area (Å²) in [5.74, 6) is -0.851. The van der Waals surface area contributed by atoms with E-state index in [1.807, 2.05) is 12.1 Å². The summed E-state index contributed by atoms with van der Waals surface area (Å²) in [6.45, 7) is 8.01. The second-order valence-corrected chi connectivity index (χ2v) is 9.71. The summed E-state index contributed by atoms with van der Waals surface area (Å²) in [7, 11) is 0. The Morgan fingerprint density at radius 3 is 2.66 bits per heavy atom. The number of amides is 2. The highest BCUT2D eigenvalue weighted by atomic mass is 19.1. The van der Waals surface area contributed by atoms with Gasteiger partial charge in [0.05, 0.1) is 11.9 Å². The van der Waals surface area contributed by atoms with E-state index in [1.54, 1.807) is 17.8 Å². The molecule has 2 aromatic heterocycles. The van der Waals surface area contributed by atoms with Crippen molar-refractivity contribution in [1.29, 1.82) is 0 Å². The number of anilines is 3. The molecule has 5 rings (SSSR count). The number of carbonyl (C=O) groups excluding carboxylic acids is 2. The van der Waals surface area contributed by atoms with Gasteiger partial charge in [0, 0.05) is 29.6 Å². The maximum Gasteiger partial charge on any atom is 0.257 e. The predicted molar refractivity (Wildman–Crippen MR) is 143 cm³/mol. The molecular formula is C28H28FN7O2. The van der Waals surface area contributed by atoms with E-state index in [1.165, 1.54) is 30.8 Å². The topological polar surface area (TPSA) is 128 Å². The van der Waals surface area contributed by atoms with Crippen LogP contribution < -0.4 is 16.4 Å². The molecule has 0 unspecified atom stereocenters. The number of fused-ring (bicyclic) bond motifs is 2. The molecule has 0 fully saturated rings. The zero-order valence-corrected chi connectivity index (χ0v) is 21.6. The Morgan fingerprint density at radius 2 is 1.95 bits per heavy atom. The SMILES string of the molecule is Cc1cncc(NC(=O)c2ccc(-c3nn4c(c3C(N)=O)Nc3ccc(C(C)C)cc3CC4)c(F)c2C)n1. The van der Waals surface area contributed by atoms with Gasteiger partial charge in [0.1, 0.15) is 22.9 Å². The van der Waals surface area contributed by atoms with Gasteiger partial charge >= 0.3 is 0 Å². The molecule has 1 aliphatic rings. The number of aryl methyl sites for hydroxylation is 3. The number of benzene rings is 2. The van der Waals surface area contributed by atoms with E-state index >= 15 is 4.39 Å². The van der Waals surface area contributed by atoms with Gasteiger partial charge in [-0.05, 0) is 61.1 Å². The Balaban J connectivity index is 1.52. The molecule has 38 heavy (non-hydrogen) atoms. The summed E-state index contributed by atoms with van der Waals surface area (Å²) < 4.78 is 17.4. The number of rotatable bonds is 5. The lowest BCUT2D eigenvalue weighted by Crippen LogP contribution is -2.16. The molecular weight excluding hydrogens is 485 g/mol. The molecule has 0 spiro atoms. The number of hydrogen-bond acceptors (Lipinski definition) is 6. The van der Waals surface area contributed by atoms with Crippen molar-refractivity contribution in [2.75, 3.05) is 10.6 Å². The summed E-state index contributed by atoms with van der Waals surface area (Å²) in [6.07, 6.45) is 3.66. The summed E-state index contributed by atoms with van der Waals surface area (Å²) in [5.41, 5.74) is 10.1. The molecule has 3 heterocycles. The maximum atomic E-state index is 15.7. The lowest BCUT2D eigenvalue weighted by molar-refractivity contribution is 0.0998. The summed E-state index contributed by atoms with van der Waals surface area (Å²) in [4.78, 5) is 33.7. The molecule has 0 aliphatic carbocycles. The molecule has 4 aromatic rings. The van der Waals surface area contributed by atoms with Crippen molar-refractivity contribution in [3.05, 3.63) is 82.1 Å². The average molecular weight is 514 g/mol. The number of aromatic nitrogens is 4. The summed E-state index contributed by atoms with van der Waals surface area (Å²) >= 11 is 0. The highest BCUT2D eigenvalue weighted by Gasteiger charge is 2.29. The highest BCUT2D eigenvalue weighted by Crippen LogP contribution is 2.37. The van der Waals surface area contributed by atoms with Crippen molar-refractivity contribution in [1.82, 2.24) is 19.7 Å². The van der Waals surface area contributed by atoms with Crippen LogP contribution in [0.5, 0.6) is 0 Å². The van der Waals surface area contributed by atoms with Crippen molar-refractivity contribution in [3.8, 4) is 11.3 Å². The summed E-state index contributed by atoms with van der Waals surface area (Å²) in [6, 6.07) is 9.12. The fraction of sp³-hybridized carbons (Fsp3) is 0.250. The number of hydrogen-bond donors (Lipinski definition) is 3. The average Bonchev–Trinajstić information content (AvgIpc) is 3.13. The molecule has 10 heteroatoms. The van der Waals surface area contributed by atoms with Crippen LogP contribution in [0.3, 0.4) is 0 Å². The third kappa shape index (κ3) is 4.49. The van der Waals surface area contributed by atoms with E-state index in [0.717, 1.165) is 11.3 Å². The Bertz CT molecular complexity index is 1590. The van der Waals surface area contributed by atoms with E-state index in [2.05, 4.69) is 45.6 Å². The number of primary amides is 1. The Hall–Kier alpha value is -4.60. The molecule has 0 radical (unpaired) electrons. The first kappa shape index (κ1) is 25.1. The quantitative estimate of drug-likeness (QED) is 0.349. The molecule has 9 nitrogen and oxygen atoms in total. The monoisotopic (exact) mass is 513 g/mol. The third-order valence-corrected chi connectivity index (χ3v) is 6.72. The molecule has 4 N–H and O–H groups in total. The lowest BCUT2D eigenvalue weighted by atomic mass is 9.98. The Morgan fingerprint density at radius 1 is 1.16 bits per heavy atom. The number of nitrogens with one attached hydrogen (secondary N) is 2. The van der Waals surface area contributed by atoms with Crippen LogP contribution in [0.1, 0.15) is 62.9 Å². The number of carbonyl (C=O) groups is 2. The minimum absolute atomic E-state index is 0.0842. The molecule has 0 bridgehead atoms. The van der Waals surface area contributed by atoms with Gasteiger partial charge in [0.15, 0.2) is 5.82 Å². The first-order valence-corrected chi connectivity index (χ1v) is 12.3. The van der Waals surface area contributed by atoms with Gasteiger partial charge in [0.2, 0.25) is 0 Å². The first-order chi connectivity index (χ1) is 18.1. The standard InChI is InChI=1S/C28H28FN7O2/c1-14(2)17-5-8-21-18(11-17)9-10-36-27(33-21)23(26(30)37)25(35-36)20-7-6-19(16(4)24(20)29)28(38)34-22-13-31-12-15(3)32-22/h5-8,11-14,33H,9-10H2,1-4H3,(H2,30,37)(H,32,34,38). The van der Waals surface area contributed by atoms with Crippen LogP contribution >= 0.6 is 0 Å². The van der Waals surface area contributed by atoms with Gasteiger partial charge in [-0.2, -0.15) is 5.10 Å². The first-order valence-electron chi connectivity index (χ1n) is 12.3. The zero-order chi connectivity index (χ0) is 27.1. The van der Waals surface area contributed by atoms with Gasteiger partial charge in [-0.25, -0.2) is 14.1 Å². The predicted octanol–water partition coefficient (Wildman–Crippen LogP) is 4.87. The minimum atomic E-state index is -0.729. The smallest absolute Gasteiger partial charge is 0.257 e. The van der Waals surface area contributed by atoms with Gasteiger partial charge in [-0.15, -0.1) is 0 Å². The van der Waals surface area contributed by atoms with Crippen molar-refractivity contribution in [2.45, 2.75) is 46.6 Å². The number of halogens is 1. The van der Waals surface area contributed by atoms with E-state index < -0.39 is 17.6 Å². The molecule has 194 valence electrons. The fourth-order valence-electron chi connectivity index (χ4n) is 4.65.